The number of carbonyl (C=O) groups excluding carboxylic acids is 2. The monoisotopic (exact) mass is 544 g/mol. The zero-order valence-electron chi connectivity index (χ0n) is 22.4. The summed E-state index contributed by atoms with van der Waals surface area (Å²) in [4.78, 5) is 29.5. The summed E-state index contributed by atoms with van der Waals surface area (Å²) >= 11 is 0. The number of hydrogen-bond acceptors (Lipinski definition) is 10. The fraction of sp³-hybridized carbons (Fsp3) is 0.300. The molecule has 1 saturated heterocycles. The first kappa shape index (κ1) is 25.7. The maximum absolute atomic E-state index is 13.8. The molecule has 0 aromatic heterocycles. The number of hydrogen-bond donors (Lipinski definition) is 3. The topological polar surface area (TPSA) is 138 Å². The van der Waals surface area contributed by atoms with Crippen LogP contribution in [-0.4, -0.2) is 64.5 Å². The molecule has 2 bridgehead atoms. The van der Waals surface area contributed by atoms with Crippen LogP contribution >= 0.6 is 0 Å². The average molecular weight is 545 g/mol. The van der Waals surface area contributed by atoms with Crippen LogP contribution in [0.5, 0.6) is 28.7 Å². The van der Waals surface area contributed by atoms with Gasteiger partial charge >= 0.3 is 0 Å². The van der Waals surface area contributed by atoms with Crippen LogP contribution in [0, 0.1) is 0 Å². The quantitative estimate of drug-likeness (QED) is 0.193. The molecule has 1 fully saturated rings. The van der Waals surface area contributed by atoms with E-state index in [2.05, 4.69) is 10.1 Å². The van der Waals surface area contributed by atoms with Crippen LogP contribution in [0.4, 0.5) is 0 Å². The summed E-state index contributed by atoms with van der Waals surface area (Å²) in [5, 5.41) is 36.8. The van der Waals surface area contributed by atoms with E-state index in [4.69, 9.17) is 14.2 Å². The van der Waals surface area contributed by atoms with Crippen molar-refractivity contribution in [1.82, 2.24) is 4.90 Å². The Morgan fingerprint density at radius 1 is 0.925 bits per heavy atom. The van der Waals surface area contributed by atoms with Crippen LogP contribution in [0.3, 0.4) is 0 Å². The lowest BCUT2D eigenvalue weighted by Crippen LogP contribution is -2.50. The van der Waals surface area contributed by atoms with E-state index in [1.54, 1.807) is 32.4 Å². The number of oxime groups is 1. The van der Waals surface area contributed by atoms with Gasteiger partial charge in [-0.15, -0.1) is 0 Å². The Morgan fingerprint density at radius 2 is 1.62 bits per heavy atom. The molecule has 2 aliphatic heterocycles. The first-order chi connectivity index (χ1) is 19.2. The second-order valence-corrected chi connectivity index (χ2v) is 10.4. The number of ketones is 2. The number of phenolic OH excluding ortho intramolecular Hbond substituents is 2. The van der Waals surface area contributed by atoms with E-state index in [9.17, 15) is 25.0 Å². The summed E-state index contributed by atoms with van der Waals surface area (Å²) < 4.78 is 16.2. The molecule has 1 aliphatic carbocycles. The van der Waals surface area contributed by atoms with Gasteiger partial charge in [-0.2, -0.15) is 0 Å². The SMILES string of the molecule is COc1ccc(CN2C3C/C(=N\O)C2(C)Cc2c(O)c4c(c(O)c23)C(=O)c2c(OC)cccc2C4=O)cc1OC. The molecule has 3 aromatic rings. The highest BCUT2D eigenvalue weighted by Gasteiger charge is 2.56. The predicted molar refractivity (Wildman–Crippen MR) is 143 cm³/mol. The lowest BCUT2D eigenvalue weighted by atomic mass is 9.76. The van der Waals surface area contributed by atoms with Crippen LogP contribution < -0.4 is 14.2 Å². The zero-order chi connectivity index (χ0) is 28.5. The van der Waals surface area contributed by atoms with Gasteiger partial charge in [0.05, 0.1) is 49.3 Å². The van der Waals surface area contributed by atoms with Crippen LogP contribution in [0.1, 0.15) is 67.9 Å². The van der Waals surface area contributed by atoms with Crippen LogP contribution in [0.15, 0.2) is 41.6 Å². The number of benzene rings is 3. The first-order valence-corrected chi connectivity index (χ1v) is 12.8. The molecule has 10 heteroatoms. The van der Waals surface area contributed by atoms with Crippen LogP contribution in [-0.2, 0) is 13.0 Å². The highest BCUT2D eigenvalue weighted by Crippen LogP contribution is 2.57. The third-order valence-corrected chi connectivity index (χ3v) is 8.56. The van der Waals surface area contributed by atoms with Gasteiger partial charge in [0.1, 0.15) is 17.2 Å². The van der Waals surface area contributed by atoms with Crippen molar-refractivity contribution in [2.45, 2.75) is 37.9 Å². The Hall–Kier alpha value is -4.57. The van der Waals surface area contributed by atoms with Gasteiger partial charge in [0.15, 0.2) is 17.3 Å². The number of carbonyl (C=O) groups is 2. The molecule has 0 radical (unpaired) electrons. The Morgan fingerprint density at radius 3 is 2.30 bits per heavy atom. The minimum absolute atomic E-state index is 0.0454. The number of phenols is 2. The van der Waals surface area contributed by atoms with E-state index in [-0.39, 0.29) is 52.3 Å². The number of nitrogens with zero attached hydrogens (tertiary/aromatic N) is 2. The zero-order valence-corrected chi connectivity index (χ0v) is 22.4. The van der Waals surface area contributed by atoms with E-state index in [1.165, 1.54) is 13.2 Å². The predicted octanol–water partition coefficient (Wildman–Crippen LogP) is 3.99. The van der Waals surface area contributed by atoms with Crippen LogP contribution in [0.25, 0.3) is 0 Å². The number of aromatic hydroxyl groups is 2. The molecule has 0 amide bonds. The molecule has 0 spiro atoms. The molecular weight excluding hydrogens is 516 g/mol. The molecule has 2 atom stereocenters. The van der Waals surface area contributed by atoms with Gasteiger partial charge in [-0.05, 0) is 30.7 Å². The van der Waals surface area contributed by atoms with Gasteiger partial charge in [0.2, 0.25) is 5.78 Å². The third-order valence-electron chi connectivity index (χ3n) is 8.56. The summed E-state index contributed by atoms with van der Waals surface area (Å²) in [6, 6.07) is 9.66. The molecule has 10 nitrogen and oxygen atoms in total. The molecule has 3 aliphatic rings. The van der Waals surface area contributed by atoms with Gasteiger partial charge in [0.25, 0.3) is 0 Å². The molecular formula is C30H28N2O8. The highest BCUT2D eigenvalue weighted by atomic mass is 16.5. The summed E-state index contributed by atoms with van der Waals surface area (Å²) in [5.41, 5.74) is 0.874. The summed E-state index contributed by atoms with van der Waals surface area (Å²) in [6.45, 7) is 2.27. The number of methoxy groups -OCH3 is 3. The smallest absolute Gasteiger partial charge is 0.202 e. The van der Waals surface area contributed by atoms with Crippen molar-refractivity contribution >= 4 is 17.3 Å². The van der Waals surface area contributed by atoms with Gasteiger partial charge in [-0.3, -0.25) is 14.5 Å². The van der Waals surface area contributed by atoms with Crippen molar-refractivity contribution in [1.29, 1.82) is 0 Å². The van der Waals surface area contributed by atoms with Gasteiger partial charge in [-0.1, -0.05) is 23.4 Å². The lowest BCUT2D eigenvalue weighted by Gasteiger charge is -2.44. The molecule has 40 heavy (non-hydrogen) atoms. The molecule has 3 N–H and O–H groups in total. The molecule has 2 heterocycles. The summed E-state index contributed by atoms with van der Waals surface area (Å²) in [7, 11) is 4.50. The summed E-state index contributed by atoms with van der Waals surface area (Å²) in [6.07, 6.45) is 0.395. The van der Waals surface area contributed by atoms with E-state index in [1.807, 2.05) is 19.1 Å². The van der Waals surface area contributed by atoms with E-state index in [0.717, 1.165) is 5.56 Å². The van der Waals surface area contributed by atoms with Gasteiger partial charge in [-0.25, -0.2) is 0 Å². The molecule has 3 aromatic carbocycles. The average Bonchev–Trinajstić information content (AvgIpc) is 3.13. The fourth-order valence-corrected chi connectivity index (χ4v) is 6.59. The van der Waals surface area contributed by atoms with E-state index >= 15 is 0 Å². The van der Waals surface area contributed by atoms with E-state index < -0.39 is 23.1 Å². The highest BCUT2D eigenvalue weighted by molar-refractivity contribution is 6.31. The molecule has 206 valence electrons. The lowest BCUT2D eigenvalue weighted by molar-refractivity contribution is 0.0961. The van der Waals surface area contributed by atoms with E-state index in [0.29, 0.717) is 34.9 Å². The first-order valence-electron chi connectivity index (χ1n) is 12.8. The minimum atomic E-state index is -0.847. The number of fused-ring (bicyclic) bond motifs is 6. The maximum atomic E-state index is 13.8. The second-order valence-electron chi connectivity index (χ2n) is 10.4. The summed E-state index contributed by atoms with van der Waals surface area (Å²) in [5.74, 6) is -0.535. The van der Waals surface area contributed by atoms with Crippen molar-refractivity contribution in [2.75, 3.05) is 21.3 Å². The third kappa shape index (κ3) is 3.29. The number of rotatable bonds is 5. The van der Waals surface area contributed by atoms with Crippen molar-refractivity contribution in [3.8, 4) is 28.7 Å². The van der Waals surface area contributed by atoms with Crippen molar-refractivity contribution in [3.05, 3.63) is 75.3 Å². The van der Waals surface area contributed by atoms with Crippen LogP contribution in [0.2, 0.25) is 0 Å². The van der Waals surface area contributed by atoms with Crippen molar-refractivity contribution < 1.29 is 39.2 Å². The van der Waals surface area contributed by atoms with Crippen molar-refractivity contribution in [3.63, 3.8) is 0 Å². The largest absolute Gasteiger partial charge is 0.507 e. The minimum Gasteiger partial charge on any atom is -0.507 e. The fourth-order valence-electron chi connectivity index (χ4n) is 6.59. The van der Waals surface area contributed by atoms with Gasteiger partial charge in [0, 0.05) is 42.1 Å². The molecule has 0 saturated carbocycles. The Balaban J connectivity index is 1.53. The van der Waals surface area contributed by atoms with Crippen molar-refractivity contribution in [2.24, 2.45) is 5.16 Å². The Labute approximate surface area is 230 Å². The number of ether oxygens (including phenoxy) is 3. The second kappa shape index (κ2) is 8.99. The normalized spacial score (nSPS) is 22.1. The molecule has 2 unspecified atom stereocenters. The standard InChI is InChI=1S/C30H28N2O8/c1-30-12-16-22(17(11-21(30)31-37)32(30)13-14-8-9-18(38-2)20(10-14)40-4)28(35)25-24(27(16)34)26(33)15-6-5-7-19(39-3)23(15)29(25)36/h5-10,17,34-35,37H,11-13H2,1-4H3/b31-21+. The van der Waals surface area contributed by atoms with Gasteiger partial charge < -0.3 is 29.6 Å². The molecule has 6 rings (SSSR count). The Kier molecular flexibility index (Phi) is 5.77. The Bertz CT molecular complexity index is 1650. The maximum Gasteiger partial charge on any atom is 0.202 e.